The van der Waals surface area contributed by atoms with E-state index in [1.165, 1.54) is 11.1 Å². The van der Waals surface area contributed by atoms with Gasteiger partial charge in [-0.15, -0.1) is 0 Å². The Labute approximate surface area is 112 Å². The predicted molar refractivity (Wildman–Crippen MR) is 75.6 cm³/mol. The minimum Gasteiger partial charge on any atom is -0.468 e. The first-order chi connectivity index (χ1) is 8.79. The van der Waals surface area contributed by atoms with Crippen LogP contribution in [0.4, 0.5) is 0 Å². The van der Waals surface area contributed by atoms with Crippen LogP contribution >= 0.6 is 11.3 Å². The maximum absolute atomic E-state index is 5.57. The van der Waals surface area contributed by atoms with Crippen LogP contribution < -0.4 is 5.32 Å². The fourth-order valence-electron chi connectivity index (χ4n) is 1.92. The first-order valence-corrected chi connectivity index (χ1v) is 7.19. The Bertz CT molecular complexity index is 450. The van der Waals surface area contributed by atoms with E-state index in [-0.39, 0.29) is 0 Å². The van der Waals surface area contributed by atoms with Gasteiger partial charge in [-0.3, -0.25) is 4.90 Å². The van der Waals surface area contributed by atoms with E-state index in [1.807, 2.05) is 0 Å². The van der Waals surface area contributed by atoms with Crippen LogP contribution in [0.5, 0.6) is 0 Å². The number of rotatable bonds is 7. The van der Waals surface area contributed by atoms with E-state index in [9.17, 15) is 0 Å². The van der Waals surface area contributed by atoms with Gasteiger partial charge in [-0.25, -0.2) is 0 Å². The average molecular weight is 264 g/mol. The van der Waals surface area contributed by atoms with E-state index in [2.05, 4.69) is 47.1 Å². The molecule has 0 aromatic carbocycles. The van der Waals surface area contributed by atoms with E-state index in [1.54, 1.807) is 17.6 Å². The van der Waals surface area contributed by atoms with Crippen molar-refractivity contribution in [2.24, 2.45) is 0 Å². The Morgan fingerprint density at radius 3 is 2.94 bits per heavy atom. The lowest BCUT2D eigenvalue weighted by molar-refractivity contribution is 0.286. The Balaban J connectivity index is 1.90. The number of hydrogen-bond donors (Lipinski definition) is 1. The summed E-state index contributed by atoms with van der Waals surface area (Å²) >= 11 is 1.74. The molecule has 4 heteroatoms. The smallest absolute Gasteiger partial charge is 0.122 e. The number of nitrogens with zero attached hydrogens (tertiary/aromatic N) is 1. The van der Waals surface area contributed by atoms with Crippen molar-refractivity contribution in [3.05, 3.63) is 46.0 Å². The van der Waals surface area contributed by atoms with Crippen molar-refractivity contribution in [1.29, 1.82) is 0 Å². The van der Waals surface area contributed by atoms with Gasteiger partial charge in [0, 0.05) is 18.7 Å². The number of hydrogen-bond acceptors (Lipinski definition) is 4. The monoisotopic (exact) mass is 264 g/mol. The maximum Gasteiger partial charge on any atom is 0.122 e. The Hall–Kier alpha value is -1.10. The van der Waals surface area contributed by atoms with Crippen LogP contribution in [0, 0.1) is 0 Å². The van der Waals surface area contributed by atoms with E-state index in [0.717, 1.165) is 31.9 Å². The fraction of sp³-hybridized carbons (Fsp3) is 0.429. The molecule has 2 heterocycles. The SMILES string of the molecule is CCNCc1ccoc1CN(C)Cc1ccsc1. The lowest BCUT2D eigenvalue weighted by atomic mass is 10.2. The van der Waals surface area contributed by atoms with Crippen LogP contribution in [0.25, 0.3) is 0 Å². The van der Waals surface area contributed by atoms with Gasteiger partial charge < -0.3 is 9.73 Å². The van der Waals surface area contributed by atoms with E-state index in [0.29, 0.717) is 0 Å². The van der Waals surface area contributed by atoms with Crippen LogP contribution in [-0.2, 0) is 19.6 Å². The molecule has 0 radical (unpaired) electrons. The van der Waals surface area contributed by atoms with Gasteiger partial charge >= 0.3 is 0 Å². The quantitative estimate of drug-likeness (QED) is 0.833. The average Bonchev–Trinajstić information content (AvgIpc) is 2.98. The highest BCUT2D eigenvalue weighted by Crippen LogP contribution is 2.15. The summed E-state index contributed by atoms with van der Waals surface area (Å²) in [4.78, 5) is 2.27. The second-order valence-corrected chi connectivity index (χ2v) is 5.23. The Kier molecular flexibility index (Phi) is 4.99. The van der Waals surface area contributed by atoms with Gasteiger partial charge in [0.25, 0.3) is 0 Å². The molecule has 0 spiro atoms. The van der Waals surface area contributed by atoms with Crippen molar-refractivity contribution in [3.63, 3.8) is 0 Å². The molecule has 0 aliphatic carbocycles. The summed E-state index contributed by atoms with van der Waals surface area (Å²) in [6.45, 7) is 5.79. The van der Waals surface area contributed by atoms with Gasteiger partial charge in [0.2, 0.25) is 0 Å². The lowest BCUT2D eigenvalue weighted by Gasteiger charge is -2.15. The molecule has 0 saturated carbocycles. The molecule has 0 atom stereocenters. The molecule has 1 N–H and O–H groups in total. The van der Waals surface area contributed by atoms with Crippen molar-refractivity contribution in [3.8, 4) is 0 Å². The zero-order chi connectivity index (χ0) is 12.8. The molecule has 0 unspecified atom stereocenters. The van der Waals surface area contributed by atoms with Gasteiger partial charge in [-0.1, -0.05) is 6.92 Å². The molecule has 2 aromatic rings. The second kappa shape index (κ2) is 6.73. The normalized spacial score (nSPS) is 11.3. The number of nitrogens with one attached hydrogen (secondary N) is 1. The topological polar surface area (TPSA) is 28.4 Å². The minimum absolute atomic E-state index is 0.851. The molecule has 0 amide bonds. The standard InChI is InChI=1S/C14H20N2OS/c1-3-15-8-13-4-6-17-14(13)10-16(2)9-12-5-7-18-11-12/h4-7,11,15H,3,8-10H2,1-2H3. The second-order valence-electron chi connectivity index (χ2n) is 4.45. The Morgan fingerprint density at radius 1 is 1.33 bits per heavy atom. The summed E-state index contributed by atoms with van der Waals surface area (Å²) in [7, 11) is 2.12. The molecule has 3 nitrogen and oxygen atoms in total. The van der Waals surface area contributed by atoms with E-state index < -0.39 is 0 Å². The van der Waals surface area contributed by atoms with E-state index >= 15 is 0 Å². The van der Waals surface area contributed by atoms with Gasteiger partial charge in [-0.2, -0.15) is 11.3 Å². The molecule has 0 fully saturated rings. The van der Waals surface area contributed by atoms with Crippen molar-refractivity contribution in [2.45, 2.75) is 26.6 Å². The summed E-state index contributed by atoms with van der Waals surface area (Å²) in [6.07, 6.45) is 1.78. The summed E-state index contributed by atoms with van der Waals surface area (Å²) in [5.74, 6) is 1.06. The van der Waals surface area contributed by atoms with Crippen molar-refractivity contribution < 1.29 is 4.42 Å². The fourth-order valence-corrected chi connectivity index (χ4v) is 2.58. The molecule has 0 bridgehead atoms. The largest absolute Gasteiger partial charge is 0.468 e. The summed E-state index contributed by atoms with van der Waals surface area (Å²) in [6, 6.07) is 4.22. The summed E-state index contributed by atoms with van der Waals surface area (Å²) < 4.78 is 5.57. The highest BCUT2D eigenvalue weighted by atomic mass is 32.1. The molecular weight excluding hydrogens is 244 g/mol. The highest BCUT2D eigenvalue weighted by Gasteiger charge is 2.09. The third kappa shape index (κ3) is 3.70. The molecular formula is C14H20N2OS. The zero-order valence-corrected chi connectivity index (χ0v) is 11.8. The van der Waals surface area contributed by atoms with Gasteiger partial charge in [0.05, 0.1) is 12.8 Å². The molecule has 2 aromatic heterocycles. The number of furan rings is 1. The van der Waals surface area contributed by atoms with Crippen LogP contribution in [0.3, 0.4) is 0 Å². The third-order valence-electron chi connectivity index (χ3n) is 2.85. The maximum atomic E-state index is 5.57. The minimum atomic E-state index is 0.851. The highest BCUT2D eigenvalue weighted by molar-refractivity contribution is 7.07. The van der Waals surface area contributed by atoms with Gasteiger partial charge in [-0.05, 0) is 42.0 Å². The van der Waals surface area contributed by atoms with Crippen LogP contribution in [-0.4, -0.2) is 18.5 Å². The van der Waals surface area contributed by atoms with Crippen LogP contribution in [0.2, 0.25) is 0 Å². The lowest BCUT2D eigenvalue weighted by Crippen LogP contribution is -2.19. The molecule has 0 aliphatic heterocycles. The van der Waals surface area contributed by atoms with Crippen molar-refractivity contribution in [2.75, 3.05) is 13.6 Å². The van der Waals surface area contributed by atoms with Gasteiger partial charge in [0.15, 0.2) is 0 Å². The summed E-state index contributed by atoms with van der Waals surface area (Å²) in [5, 5.41) is 7.64. The Morgan fingerprint density at radius 2 is 2.22 bits per heavy atom. The first-order valence-electron chi connectivity index (χ1n) is 6.25. The zero-order valence-electron chi connectivity index (χ0n) is 11.0. The van der Waals surface area contributed by atoms with Crippen LogP contribution in [0.1, 0.15) is 23.8 Å². The van der Waals surface area contributed by atoms with Crippen molar-refractivity contribution in [1.82, 2.24) is 10.2 Å². The molecule has 0 saturated heterocycles. The van der Waals surface area contributed by atoms with E-state index in [4.69, 9.17) is 4.42 Å². The molecule has 2 rings (SSSR count). The van der Waals surface area contributed by atoms with Crippen LogP contribution in [0.15, 0.2) is 33.6 Å². The van der Waals surface area contributed by atoms with Crippen molar-refractivity contribution >= 4 is 11.3 Å². The molecule has 18 heavy (non-hydrogen) atoms. The first kappa shape index (κ1) is 13.3. The van der Waals surface area contributed by atoms with Gasteiger partial charge in [0.1, 0.15) is 5.76 Å². The predicted octanol–water partition coefficient (Wildman–Crippen LogP) is 3.08. The summed E-state index contributed by atoms with van der Waals surface area (Å²) in [5.41, 5.74) is 2.62. The molecule has 98 valence electrons. The molecule has 0 aliphatic rings. The third-order valence-corrected chi connectivity index (χ3v) is 3.58. The number of thiophene rings is 1.